The Morgan fingerprint density at radius 2 is 2.44 bits per heavy atom. The lowest BCUT2D eigenvalue weighted by molar-refractivity contribution is 0.0387. The number of aryl methyl sites for hydroxylation is 1. The second-order valence-electron chi connectivity index (χ2n) is 4.88. The van der Waals surface area contributed by atoms with Gasteiger partial charge in [0.05, 0.1) is 18.0 Å². The van der Waals surface area contributed by atoms with Crippen molar-refractivity contribution in [3.05, 3.63) is 11.4 Å². The number of carbonyl (C=O) groups excluding carboxylic acids is 1. The first-order valence-electron chi connectivity index (χ1n) is 6.23. The molecule has 1 aliphatic rings. The largest absolute Gasteiger partial charge is 0.395 e. The fraction of sp³-hybridized carbons (Fsp3) is 0.667. The van der Waals surface area contributed by atoms with Crippen LogP contribution in [-0.2, 0) is 4.74 Å². The predicted octanol–water partition coefficient (Wildman–Crippen LogP) is 0.799. The minimum atomic E-state index is -0.137. The summed E-state index contributed by atoms with van der Waals surface area (Å²) in [6, 6.07) is 0. The predicted molar refractivity (Wildman–Crippen MR) is 68.2 cm³/mol. The summed E-state index contributed by atoms with van der Waals surface area (Å²) in [6.45, 7) is 4.05. The van der Waals surface area contributed by atoms with Gasteiger partial charge in [-0.1, -0.05) is 0 Å². The number of amides is 1. The number of hydrogen-bond donors (Lipinski definition) is 2. The van der Waals surface area contributed by atoms with Crippen LogP contribution in [0.4, 0.5) is 5.69 Å². The van der Waals surface area contributed by atoms with Crippen LogP contribution in [0.25, 0.3) is 0 Å². The van der Waals surface area contributed by atoms with Crippen molar-refractivity contribution in [2.24, 2.45) is 5.92 Å². The van der Waals surface area contributed by atoms with Crippen molar-refractivity contribution in [3.63, 3.8) is 0 Å². The molecule has 2 rings (SSSR count). The lowest BCUT2D eigenvalue weighted by Gasteiger charge is -2.26. The Morgan fingerprint density at radius 1 is 1.67 bits per heavy atom. The lowest BCUT2D eigenvalue weighted by atomic mass is 10.0. The van der Waals surface area contributed by atoms with Gasteiger partial charge in [0.1, 0.15) is 0 Å². The summed E-state index contributed by atoms with van der Waals surface area (Å²) in [5.41, 5.74) is 7.29. The van der Waals surface area contributed by atoms with Gasteiger partial charge in [0, 0.05) is 20.2 Å². The van der Waals surface area contributed by atoms with E-state index in [4.69, 9.17) is 10.5 Å². The Morgan fingerprint density at radius 3 is 3.00 bits per heavy atom. The molecule has 0 bridgehead atoms. The molecule has 0 aromatic carbocycles. The molecule has 6 nitrogen and oxygen atoms in total. The van der Waals surface area contributed by atoms with Crippen LogP contribution in [0.2, 0.25) is 0 Å². The van der Waals surface area contributed by atoms with E-state index in [-0.39, 0.29) is 5.91 Å². The zero-order valence-electron chi connectivity index (χ0n) is 10.9. The van der Waals surface area contributed by atoms with E-state index < -0.39 is 0 Å². The highest BCUT2D eigenvalue weighted by molar-refractivity contribution is 5.97. The van der Waals surface area contributed by atoms with Crippen molar-refractivity contribution < 1.29 is 9.53 Å². The molecule has 1 saturated heterocycles. The number of rotatable bonds is 3. The second kappa shape index (κ2) is 5.39. The normalized spacial score (nSPS) is 19.8. The standard InChI is InChI=1S/C12H20N4O2/c1-8-10(13)11(15-14-8)12(17)16(2)6-9-4-3-5-18-7-9/h9H,3-7,13H2,1-2H3,(H,14,15). The maximum atomic E-state index is 12.2. The van der Waals surface area contributed by atoms with Crippen molar-refractivity contribution in [1.29, 1.82) is 0 Å². The number of nitrogens with zero attached hydrogens (tertiary/aromatic N) is 2. The van der Waals surface area contributed by atoms with Crippen LogP contribution in [0.15, 0.2) is 0 Å². The zero-order valence-corrected chi connectivity index (χ0v) is 10.9. The average molecular weight is 252 g/mol. The molecule has 2 heterocycles. The molecule has 1 aliphatic heterocycles. The fourth-order valence-electron chi connectivity index (χ4n) is 2.20. The van der Waals surface area contributed by atoms with Crippen LogP contribution in [0.3, 0.4) is 0 Å². The van der Waals surface area contributed by atoms with Gasteiger partial charge in [0.25, 0.3) is 5.91 Å². The first kappa shape index (κ1) is 12.9. The van der Waals surface area contributed by atoms with Crippen LogP contribution in [0.5, 0.6) is 0 Å². The number of H-pyrrole nitrogens is 1. The molecule has 1 aromatic heterocycles. The first-order chi connectivity index (χ1) is 8.59. The molecule has 0 spiro atoms. The van der Waals surface area contributed by atoms with Gasteiger partial charge in [-0.05, 0) is 25.7 Å². The molecule has 3 N–H and O–H groups in total. The summed E-state index contributed by atoms with van der Waals surface area (Å²) >= 11 is 0. The Bertz CT molecular complexity index is 424. The third-order valence-electron chi connectivity index (χ3n) is 3.33. The number of ether oxygens (including phenoxy) is 1. The number of aromatic amines is 1. The zero-order chi connectivity index (χ0) is 13.1. The van der Waals surface area contributed by atoms with Gasteiger partial charge in [-0.3, -0.25) is 9.89 Å². The molecule has 1 aromatic rings. The summed E-state index contributed by atoms with van der Waals surface area (Å²) in [5.74, 6) is 0.274. The van der Waals surface area contributed by atoms with Crippen molar-refractivity contribution in [2.45, 2.75) is 19.8 Å². The molecule has 1 unspecified atom stereocenters. The highest BCUT2D eigenvalue weighted by atomic mass is 16.5. The van der Waals surface area contributed by atoms with E-state index in [2.05, 4.69) is 10.2 Å². The molecule has 18 heavy (non-hydrogen) atoms. The van der Waals surface area contributed by atoms with E-state index in [0.29, 0.717) is 23.8 Å². The fourth-order valence-corrected chi connectivity index (χ4v) is 2.20. The molecule has 100 valence electrons. The number of carbonyl (C=O) groups is 1. The molecular weight excluding hydrogens is 232 g/mol. The van der Waals surface area contributed by atoms with Crippen molar-refractivity contribution in [2.75, 3.05) is 32.5 Å². The van der Waals surface area contributed by atoms with Gasteiger partial charge in [-0.15, -0.1) is 0 Å². The molecule has 1 amide bonds. The maximum absolute atomic E-state index is 12.2. The average Bonchev–Trinajstić information content (AvgIpc) is 2.70. The quantitative estimate of drug-likeness (QED) is 0.833. The van der Waals surface area contributed by atoms with E-state index in [1.54, 1.807) is 18.9 Å². The van der Waals surface area contributed by atoms with Gasteiger partial charge >= 0.3 is 0 Å². The lowest BCUT2D eigenvalue weighted by Crippen LogP contribution is -2.35. The topological polar surface area (TPSA) is 84.2 Å². The SMILES string of the molecule is Cc1[nH]nc(C(=O)N(C)CC2CCCOC2)c1N. The Balaban J connectivity index is 1.98. The van der Waals surface area contributed by atoms with Crippen LogP contribution in [0, 0.1) is 12.8 Å². The van der Waals surface area contributed by atoms with Gasteiger partial charge in [-0.25, -0.2) is 0 Å². The third kappa shape index (κ3) is 2.64. The molecule has 0 radical (unpaired) electrons. The monoisotopic (exact) mass is 252 g/mol. The van der Waals surface area contributed by atoms with E-state index in [9.17, 15) is 4.79 Å². The second-order valence-corrected chi connectivity index (χ2v) is 4.88. The number of anilines is 1. The highest BCUT2D eigenvalue weighted by Gasteiger charge is 2.23. The maximum Gasteiger partial charge on any atom is 0.276 e. The van der Waals surface area contributed by atoms with Crippen molar-refractivity contribution in [1.82, 2.24) is 15.1 Å². The van der Waals surface area contributed by atoms with Crippen LogP contribution < -0.4 is 5.73 Å². The molecule has 1 fully saturated rings. The van der Waals surface area contributed by atoms with Gasteiger partial charge in [0.2, 0.25) is 0 Å². The van der Waals surface area contributed by atoms with Crippen molar-refractivity contribution in [3.8, 4) is 0 Å². The Kier molecular flexibility index (Phi) is 3.86. The van der Waals surface area contributed by atoms with Crippen LogP contribution in [0.1, 0.15) is 29.0 Å². The summed E-state index contributed by atoms with van der Waals surface area (Å²) in [6.07, 6.45) is 2.17. The molecule has 0 saturated carbocycles. The Hall–Kier alpha value is -1.56. The van der Waals surface area contributed by atoms with Gasteiger partial charge in [0.15, 0.2) is 5.69 Å². The molecule has 6 heteroatoms. The van der Waals surface area contributed by atoms with Crippen LogP contribution >= 0.6 is 0 Å². The van der Waals surface area contributed by atoms with E-state index in [1.807, 2.05) is 0 Å². The smallest absolute Gasteiger partial charge is 0.276 e. The van der Waals surface area contributed by atoms with E-state index >= 15 is 0 Å². The molecule has 1 atom stereocenters. The molecule has 0 aliphatic carbocycles. The van der Waals surface area contributed by atoms with Gasteiger partial charge < -0.3 is 15.4 Å². The summed E-state index contributed by atoms with van der Waals surface area (Å²) < 4.78 is 5.41. The summed E-state index contributed by atoms with van der Waals surface area (Å²) in [4.78, 5) is 13.8. The minimum absolute atomic E-state index is 0.137. The van der Waals surface area contributed by atoms with Crippen LogP contribution in [-0.4, -0.2) is 47.8 Å². The minimum Gasteiger partial charge on any atom is -0.395 e. The summed E-state index contributed by atoms with van der Waals surface area (Å²) in [5, 5.41) is 6.69. The van der Waals surface area contributed by atoms with E-state index in [0.717, 1.165) is 31.7 Å². The molecular formula is C12H20N4O2. The Labute approximate surface area is 106 Å². The number of nitrogen functional groups attached to an aromatic ring is 1. The number of nitrogens with one attached hydrogen (secondary N) is 1. The van der Waals surface area contributed by atoms with Crippen molar-refractivity contribution >= 4 is 11.6 Å². The van der Waals surface area contributed by atoms with Gasteiger partial charge in [-0.2, -0.15) is 5.10 Å². The highest BCUT2D eigenvalue weighted by Crippen LogP contribution is 2.18. The third-order valence-corrected chi connectivity index (χ3v) is 3.33. The first-order valence-corrected chi connectivity index (χ1v) is 6.23. The number of hydrogen-bond acceptors (Lipinski definition) is 4. The number of aromatic nitrogens is 2. The summed E-state index contributed by atoms with van der Waals surface area (Å²) in [7, 11) is 1.78. The number of nitrogens with two attached hydrogens (primary N) is 1. The van der Waals surface area contributed by atoms with E-state index in [1.165, 1.54) is 0 Å².